The average molecular weight is 801 g/mol. The Morgan fingerprint density at radius 3 is 2.18 bits per heavy atom. The molecule has 16 heteroatoms. The summed E-state index contributed by atoms with van der Waals surface area (Å²) in [4.78, 5) is 47.0. The summed E-state index contributed by atoms with van der Waals surface area (Å²) in [5.41, 5.74) is 3.44. The minimum absolute atomic E-state index is 0.0356. The maximum atomic E-state index is 13.1. The molecule has 6 rings (SSSR count). The molecule has 0 spiro atoms. The van der Waals surface area contributed by atoms with E-state index in [-0.39, 0.29) is 42.9 Å². The molecule has 57 heavy (non-hydrogen) atoms. The first kappa shape index (κ1) is 40.4. The van der Waals surface area contributed by atoms with Crippen LogP contribution in [-0.4, -0.2) is 55.7 Å². The lowest BCUT2D eigenvalue weighted by Crippen LogP contribution is -2.52. The van der Waals surface area contributed by atoms with Gasteiger partial charge in [-0.05, 0) is 97.0 Å². The molecule has 3 amide bonds. The zero-order valence-electron chi connectivity index (χ0n) is 31.5. The van der Waals surface area contributed by atoms with Crippen LogP contribution in [-0.2, 0) is 26.5 Å². The molecular weight excluding hydrogens is 758 g/mol. The number of benzene rings is 4. The Balaban J connectivity index is 1.04. The van der Waals surface area contributed by atoms with Crippen LogP contribution in [0.3, 0.4) is 0 Å². The zero-order chi connectivity index (χ0) is 40.6. The molecular formula is C41H43ClF2N8O5. The number of nitrogens with zero attached hydrogens (tertiary/aromatic N) is 2. The number of rotatable bonds is 14. The number of carbonyl (C=O) groups excluding carboxylic acids is 3. The van der Waals surface area contributed by atoms with Crippen LogP contribution in [0.2, 0.25) is 5.02 Å². The normalized spacial score (nSPS) is 15.6. The van der Waals surface area contributed by atoms with Gasteiger partial charge >= 0.3 is 24.4 Å². The minimum Gasteiger partial charge on any atom is -0.459 e. The van der Waals surface area contributed by atoms with E-state index < -0.39 is 30.1 Å². The molecule has 298 valence electrons. The highest BCUT2D eigenvalue weighted by Gasteiger charge is 2.45. The lowest BCUT2D eigenvalue weighted by molar-refractivity contribution is -0.136. The summed E-state index contributed by atoms with van der Waals surface area (Å²) in [7, 11) is 0. The lowest BCUT2D eigenvalue weighted by Gasteiger charge is -2.28. The van der Waals surface area contributed by atoms with E-state index in [0.29, 0.717) is 33.5 Å². The predicted molar refractivity (Wildman–Crippen MR) is 214 cm³/mol. The van der Waals surface area contributed by atoms with Crippen molar-refractivity contribution in [3.63, 3.8) is 0 Å². The van der Waals surface area contributed by atoms with Crippen molar-refractivity contribution < 1.29 is 32.6 Å². The van der Waals surface area contributed by atoms with Crippen molar-refractivity contribution >= 4 is 52.7 Å². The first-order valence-corrected chi connectivity index (χ1v) is 18.6. The van der Waals surface area contributed by atoms with E-state index in [0.717, 1.165) is 24.0 Å². The Bertz CT molecular complexity index is 2110. The topological polar surface area (TPSA) is 167 Å². The highest BCUT2D eigenvalue weighted by Crippen LogP contribution is 2.45. The number of amidine groups is 1. The van der Waals surface area contributed by atoms with E-state index in [1.807, 2.05) is 57.2 Å². The summed E-state index contributed by atoms with van der Waals surface area (Å²) < 4.78 is 35.6. The van der Waals surface area contributed by atoms with E-state index in [2.05, 4.69) is 46.6 Å². The maximum absolute atomic E-state index is 13.1. The molecule has 4 aromatic carbocycles. The van der Waals surface area contributed by atoms with Gasteiger partial charge in [-0.25, -0.2) is 0 Å². The van der Waals surface area contributed by atoms with Gasteiger partial charge in [0.25, 0.3) is 5.91 Å². The molecule has 13 nitrogen and oxygen atoms in total. The van der Waals surface area contributed by atoms with Gasteiger partial charge in [-0.2, -0.15) is 18.8 Å². The predicted octanol–water partition coefficient (Wildman–Crippen LogP) is 6.27. The second-order valence-corrected chi connectivity index (χ2v) is 15.0. The smallest absolute Gasteiger partial charge is 0.387 e. The molecule has 6 N–H and O–H groups in total. The van der Waals surface area contributed by atoms with E-state index in [1.54, 1.807) is 48.5 Å². The number of halogens is 3. The molecule has 1 fully saturated rings. The van der Waals surface area contributed by atoms with Gasteiger partial charge in [0.2, 0.25) is 12.2 Å². The molecule has 1 unspecified atom stereocenters. The number of hydrogen-bond donors (Lipinski definition) is 6. The second-order valence-electron chi connectivity index (χ2n) is 14.5. The number of carbonyl (C=O) groups is 3. The summed E-state index contributed by atoms with van der Waals surface area (Å²) >= 11 is 6.13. The van der Waals surface area contributed by atoms with Gasteiger partial charge in [-0.1, -0.05) is 67.4 Å². The molecule has 1 aliphatic heterocycles. The number of alkyl halides is 2. The fourth-order valence-corrected chi connectivity index (χ4v) is 5.86. The Labute approximate surface area is 333 Å². The van der Waals surface area contributed by atoms with Crippen molar-refractivity contribution in [3.8, 4) is 5.75 Å². The van der Waals surface area contributed by atoms with E-state index in [4.69, 9.17) is 16.3 Å². The molecule has 0 radical (unpaired) electrons. The number of hydrogen-bond acceptors (Lipinski definition) is 10. The van der Waals surface area contributed by atoms with E-state index in [9.17, 15) is 23.2 Å². The Kier molecular flexibility index (Phi) is 12.6. The van der Waals surface area contributed by atoms with Crippen LogP contribution in [0, 0.1) is 12.3 Å². The van der Waals surface area contributed by atoms with Gasteiger partial charge in [0.1, 0.15) is 12.4 Å². The molecule has 1 heterocycles. The number of anilines is 2. The van der Waals surface area contributed by atoms with Crippen molar-refractivity contribution in [1.82, 2.24) is 21.3 Å². The van der Waals surface area contributed by atoms with Crippen LogP contribution in [0.15, 0.2) is 107 Å². The summed E-state index contributed by atoms with van der Waals surface area (Å²) in [5, 5.41) is 18.8. The van der Waals surface area contributed by atoms with Crippen LogP contribution in [0.25, 0.3) is 0 Å². The number of aliphatic imine (C=N–C) groups is 2. The summed E-state index contributed by atoms with van der Waals surface area (Å²) in [6.07, 6.45) is 1.02. The van der Waals surface area contributed by atoms with E-state index >= 15 is 0 Å². The maximum Gasteiger partial charge on any atom is 0.387 e. The standard InChI is InChI=1S/C41H43ClF2N8O5/c1-25-4-14-30(15-5-25)47-35(55)34(54)46-24-40(2,3)23-45-33(53)27-8-16-31(17-9-27)48-37-49-38(52-41(20-21-41)28-10-12-29(42)13-11-28)51-39(50-37)56-22-26-6-18-32(19-7-26)57-36(43)44/h4-19,36-37,48H,20-24H2,1-3H3,(H,45,53)(H,46,54)(H,47,55)(H2,49,50,51,52). The molecule has 2 aliphatic rings. The lowest BCUT2D eigenvalue weighted by atomic mass is 9.93. The van der Waals surface area contributed by atoms with Crippen LogP contribution >= 0.6 is 11.6 Å². The monoisotopic (exact) mass is 800 g/mol. The zero-order valence-corrected chi connectivity index (χ0v) is 32.3. The summed E-state index contributed by atoms with van der Waals surface area (Å²) in [6, 6.07) is 27.7. The molecule has 4 aromatic rings. The first-order chi connectivity index (χ1) is 27.2. The number of ether oxygens (including phenoxy) is 2. The Hall–Kier alpha value is -6.22. The molecule has 0 saturated heterocycles. The van der Waals surface area contributed by atoms with Crippen LogP contribution in [0.4, 0.5) is 20.2 Å². The SMILES string of the molecule is Cc1ccc(NC(=O)C(=O)NCC(C)(C)CNC(=O)c2ccc(NC3N=C(OCc4ccc(OC(F)F)cc4)N=C(NC4(c5ccc(Cl)cc5)CC4)N3)cc2)cc1. The molecule has 1 saturated carbocycles. The van der Waals surface area contributed by atoms with Gasteiger partial charge in [0, 0.05) is 35.1 Å². The number of nitrogens with one attached hydrogen (secondary N) is 6. The first-order valence-electron chi connectivity index (χ1n) is 18.2. The van der Waals surface area contributed by atoms with Crippen LogP contribution < -0.4 is 36.6 Å². The van der Waals surface area contributed by atoms with Crippen molar-refractivity contribution in [3.05, 3.63) is 124 Å². The highest BCUT2D eigenvalue weighted by molar-refractivity contribution is 6.39. The largest absolute Gasteiger partial charge is 0.459 e. The fraction of sp³-hybridized carbons (Fsp3) is 0.293. The average Bonchev–Trinajstić information content (AvgIpc) is 3.97. The summed E-state index contributed by atoms with van der Waals surface area (Å²) in [5.74, 6) is -1.40. The third-order valence-corrected chi connectivity index (χ3v) is 9.41. The van der Waals surface area contributed by atoms with Gasteiger partial charge < -0.3 is 41.4 Å². The van der Waals surface area contributed by atoms with Gasteiger partial charge in [-0.15, -0.1) is 0 Å². The van der Waals surface area contributed by atoms with Crippen LogP contribution in [0.5, 0.6) is 5.75 Å². The van der Waals surface area contributed by atoms with Crippen molar-refractivity contribution in [2.24, 2.45) is 15.4 Å². The molecule has 0 aromatic heterocycles. The number of guanidine groups is 1. The molecule has 0 bridgehead atoms. The highest BCUT2D eigenvalue weighted by atomic mass is 35.5. The number of aryl methyl sites for hydroxylation is 1. The van der Waals surface area contributed by atoms with Crippen LogP contribution in [0.1, 0.15) is 53.7 Å². The Morgan fingerprint density at radius 1 is 0.877 bits per heavy atom. The third kappa shape index (κ3) is 11.6. The van der Waals surface area contributed by atoms with Gasteiger partial charge in [0.05, 0.1) is 5.54 Å². The van der Waals surface area contributed by atoms with Gasteiger partial charge in [-0.3, -0.25) is 14.4 Å². The van der Waals surface area contributed by atoms with E-state index in [1.165, 1.54) is 12.1 Å². The summed E-state index contributed by atoms with van der Waals surface area (Å²) in [6.45, 7) is 3.18. The van der Waals surface area contributed by atoms with Crippen molar-refractivity contribution in [1.29, 1.82) is 0 Å². The van der Waals surface area contributed by atoms with Crippen molar-refractivity contribution in [2.75, 3.05) is 23.7 Å². The fourth-order valence-electron chi connectivity index (χ4n) is 5.74. The quantitative estimate of drug-likeness (QED) is 0.0813. The number of amides is 3. The molecule has 1 atom stereocenters. The third-order valence-electron chi connectivity index (χ3n) is 9.16. The minimum atomic E-state index is -2.92. The second kappa shape index (κ2) is 17.7. The van der Waals surface area contributed by atoms with Gasteiger partial charge in [0.15, 0.2) is 0 Å². The van der Waals surface area contributed by atoms with Crippen molar-refractivity contribution in [2.45, 2.75) is 58.7 Å². The Morgan fingerprint density at radius 2 is 1.53 bits per heavy atom. The molecule has 1 aliphatic carbocycles.